The summed E-state index contributed by atoms with van der Waals surface area (Å²) >= 11 is 0.632. The minimum absolute atomic E-state index is 0.0135. The molecule has 2 aliphatic rings. The number of piperazine rings is 1. The lowest BCUT2D eigenvalue weighted by Crippen LogP contribution is -2.55. The van der Waals surface area contributed by atoms with Gasteiger partial charge in [0.05, 0.1) is 35.0 Å². The Morgan fingerprint density at radius 3 is 2.61 bits per heavy atom. The van der Waals surface area contributed by atoms with Gasteiger partial charge in [-0.25, -0.2) is 28.5 Å². The summed E-state index contributed by atoms with van der Waals surface area (Å²) in [5.74, 6) is -0.170. The number of carbonyl (C=O) groups excluding carboxylic acids is 1. The topological polar surface area (TPSA) is 141 Å². The van der Waals surface area contributed by atoms with Gasteiger partial charge < -0.3 is 9.80 Å². The van der Waals surface area contributed by atoms with Crippen LogP contribution in [0.1, 0.15) is 45.0 Å². The second-order valence-corrected chi connectivity index (χ2v) is 13.2. The zero-order chi connectivity index (χ0) is 29.7. The van der Waals surface area contributed by atoms with E-state index in [9.17, 15) is 27.3 Å². The molecule has 0 bridgehead atoms. The molecular weight excluding hydrogens is 576 g/mol. The molecular formula is C25H27F2N9O3S2. The maximum atomic E-state index is 13.5. The number of amides is 1. The summed E-state index contributed by atoms with van der Waals surface area (Å²) in [6.07, 6.45) is -2.07. The lowest BCUT2D eigenvalue weighted by molar-refractivity contribution is -0.136. The highest BCUT2D eigenvalue weighted by atomic mass is 32.2. The number of anilines is 1. The molecule has 3 aromatic rings. The predicted octanol–water partition coefficient (Wildman–Crippen LogP) is 3.40. The summed E-state index contributed by atoms with van der Waals surface area (Å²) in [5, 5.41) is 21.3. The Bertz CT molecular complexity index is 1700. The highest BCUT2D eigenvalue weighted by Gasteiger charge is 2.54. The molecule has 2 aromatic heterocycles. The minimum atomic E-state index is -4.19. The molecule has 1 N–H and O–H groups in total. The van der Waals surface area contributed by atoms with Crippen LogP contribution in [0.15, 0.2) is 17.0 Å². The van der Waals surface area contributed by atoms with E-state index in [0.717, 1.165) is 0 Å². The zero-order valence-corrected chi connectivity index (χ0v) is 24.1. The number of sulfonamides is 1. The van der Waals surface area contributed by atoms with E-state index in [1.807, 2.05) is 31.7 Å². The Morgan fingerprint density at radius 2 is 2.05 bits per heavy atom. The van der Waals surface area contributed by atoms with Crippen molar-refractivity contribution in [1.29, 1.82) is 5.26 Å². The minimum Gasteiger partial charge on any atom is -0.366 e. The lowest BCUT2D eigenvalue weighted by atomic mass is 10.1. The summed E-state index contributed by atoms with van der Waals surface area (Å²) in [4.78, 5) is 19.8. The highest BCUT2D eigenvalue weighted by Crippen LogP contribution is 2.41. The van der Waals surface area contributed by atoms with Crippen molar-refractivity contribution < 1.29 is 22.0 Å². The fourth-order valence-corrected chi connectivity index (χ4v) is 7.03. The number of halogens is 2. The van der Waals surface area contributed by atoms with Crippen LogP contribution >= 0.6 is 11.3 Å². The SMILES string of the molecule is [C-]#[N+]C1(NS(=O)(=O)c2cc(N3CCN(C(=O)C(C)C)[C@H](C)C3)c3c(c2)c(-c2nnc(C(F)F)s2)nn3CC#N)CC1. The largest absolute Gasteiger partial charge is 0.366 e. The number of aromatic nitrogens is 4. The first-order valence-corrected chi connectivity index (χ1v) is 15.2. The van der Waals surface area contributed by atoms with Gasteiger partial charge in [0.1, 0.15) is 12.2 Å². The Labute approximate surface area is 239 Å². The average Bonchev–Trinajstić information content (AvgIpc) is 3.34. The van der Waals surface area contributed by atoms with Crippen LogP contribution in [0.2, 0.25) is 0 Å². The van der Waals surface area contributed by atoms with Crippen LogP contribution in [0.5, 0.6) is 0 Å². The van der Waals surface area contributed by atoms with Crippen LogP contribution in [-0.2, 0) is 21.4 Å². The van der Waals surface area contributed by atoms with E-state index in [0.29, 0.717) is 55.0 Å². The molecule has 0 spiro atoms. The molecule has 1 saturated carbocycles. The van der Waals surface area contributed by atoms with E-state index in [-0.39, 0.29) is 45.4 Å². The number of carbonyl (C=O) groups is 1. The molecule has 1 aliphatic heterocycles. The van der Waals surface area contributed by atoms with E-state index in [4.69, 9.17) is 6.57 Å². The number of nitrogens with one attached hydrogen (secondary N) is 1. The van der Waals surface area contributed by atoms with Gasteiger partial charge in [0.2, 0.25) is 15.9 Å². The standard InChI is InChI=1S/C25H27F2N9O3S2/c1-14(2)24(37)35-10-9-34(13-15(35)3)18-12-16(41(38,39)33-25(29-4)5-6-25)11-17-19(32-36(8-7-28)20(17)18)22-30-31-23(40-22)21(26)27/h11-12,14-15,21,33H,5-6,8-10,13H2,1-3H3/t15-/m1/s1. The number of benzene rings is 1. The quantitative estimate of drug-likeness (QED) is 0.386. The first-order chi connectivity index (χ1) is 19.4. The summed E-state index contributed by atoms with van der Waals surface area (Å²) in [5.41, 5.74) is -0.196. The smallest absolute Gasteiger partial charge is 0.299 e. The van der Waals surface area contributed by atoms with Crippen molar-refractivity contribution >= 4 is 43.9 Å². The number of nitrogens with zero attached hydrogens (tertiary/aromatic N) is 8. The van der Waals surface area contributed by atoms with Crippen LogP contribution in [0, 0.1) is 23.8 Å². The third-order valence-corrected chi connectivity index (χ3v) is 9.61. The van der Waals surface area contributed by atoms with E-state index >= 15 is 0 Å². The highest BCUT2D eigenvalue weighted by molar-refractivity contribution is 7.89. The number of alkyl halides is 2. The van der Waals surface area contributed by atoms with Gasteiger partial charge in [-0.2, -0.15) is 10.4 Å². The molecule has 1 amide bonds. The lowest BCUT2D eigenvalue weighted by Gasteiger charge is -2.42. The van der Waals surface area contributed by atoms with Crippen molar-refractivity contribution in [1.82, 2.24) is 29.6 Å². The first-order valence-electron chi connectivity index (χ1n) is 12.9. The summed E-state index contributed by atoms with van der Waals surface area (Å²) in [7, 11) is -4.19. The van der Waals surface area contributed by atoms with Crippen molar-refractivity contribution in [2.75, 3.05) is 24.5 Å². The Morgan fingerprint density at radius 1 is 1.32 bits per heavy atom. The first kappa shape index (κ1) is 28.8. The maximum absolute atomic E-state index is 13.5. The van der Waals surface area contributed by atoms with E-state index < -0.39 is 27.1 Å². The van der Waals surface area contributed by atoms with Crippen LogP contribution in [0.3, 0.4) is 0 Å². The number of hydrogen-bond acceptors (Lipinski definition) is 9. The van der Waals surface area contributed by atoms with Crippen LogP contribution in [-0.4, -0.2) is 70.5 Å². The van der Waals surface area contributed by atoms with Crippen molar-refractivity contribution in [3.63, 3.8) is 0 Å². The Kier molecular flexibility index (Phi) is 7.44. The molecule has 1 atom stereocenters. The molecule has 1 aromatic carbocycles. The number of hydrogen-bond donors (Lipinski definition) is 1. The molecule has 3 heterocycles. The van der Waals surface area contributed by atoms with Gasteiger partial charge in [0.25, 0.3) is 12.1 Å². The van der Waals surface area contributed by atoms with Crippen LogP contribution < -0.4 is 9.62 Å². The van der Waals surface area contributed by atoms with Gasteiger partial charge in [-0.05, 0) is 19.1 Å². The molecule has 41 heavy (non-hydrogen) atoms. The zero-order valence-electron chi connectivity index (χ0n) is 22.5. The van der Waals surface area contributed by atoms with Crippen molar-refractivity contribution in [2.24, 2.45) is 5.92 Å². The van der Waals surface area contributed by atoms with Gasteiger partial charge in [-0.15, -0.1) is 14.9 Å². The van der Waals surface area contributed by atoms with E-state index in [1.54, 1.807) is 4.90 Å². The summed E-state index contributed by atoms with van der Waals surface area (Å²) in [6.45, 7) is 13.9. The second kappa shape index (κ2) is 10.6. The molecule has 1 aliphatic carbocycles. The van der Waals surface area contributed by atoms with E-state index in [2.05, 4.69) is 24.9 Å². The number of nitriles is 1. The van der Waals surface area contributed by atoms with Crippen molar-refractivity contribution in [3.05, 3.63) is 28.6 Å². The predicted molar refractivity (Wildman–Crippen MR) is 146 cm³/mol. The molecule has 1 saturated heterocycles. The molecule has 0 radical (unpaired) electrons. The van der Waals surface area contributed by atoms with E-state index in [1.165, 1.54) is 16.8 Å². The Hall–Kier alpha value is -3.73. The molecule has 216 valence electrons. The normalized spacial score (nSPS) is 18.6. The van der Waals surface area contributed by atoms with Crippen molar-refractivity contribution in [2.45, 2.75) is 63.2 Å². The molecule has 5 rings (SSSR count). The second-order valence-electron chi connectivity index (χ2n) is 10.5. The van der Waals surface area contributed by atoms with Gasteiger partial charge in [-0.3, -0.25) is 9.64 Å². The third-order valence-electron chi connectivity index (χ3n) is 7.17. The number of rotatable bonds is 8. The van der Waals surface area contributed by atoms with Gasteiger partial charge in [-0.1, -0.05) is 25.2 Å². The molecule has 16 heteroatoms. The number of fused-ring (bicyclic) bond motifs is 1. The fraction of sp³-hybridized carbons (Fsp3) is 0.520. The van der Waals surface area contributed by atoms with Crippen LogP contribution in [0.25, 0.3) is 26.4 Å². The fourth-order valence-electron chi connectivity index (χ4n) is 4.92. The van der Waals surface area contributed by atoms with Gasteiger partial charge in [0, 0.05) is 37.0 Å². The van der Waals surface area contributed by atoms with Crippen LogP contribution in [0.4, 0.5) is 14.5 Å². The molecule has 0 unspecified atom stereocenters. The maximum Gasteiger partial charge on any atom is 0.299 e. The molecule has 2 fully saturated rings. The van der Waals surface area contributed by atoms with Gasteiger partial charge in [0.15, 0.2) is 10.0 Å². The monoisotopic (exact) mass is 603 g/mol. The molecule has 12 nitrogen and oxygen atoms in total. The summed E-state index contributed by atoms with van der Waals surface area (Å²) < 4.78 is 57.7. The third kappa shape index (κ3) is 5.35. The average molecular weight is 604 g/mol. The Balaban J connectivity index is 1.69. The van der Waals surface area contributed by atoms with Crippen molar-refractivity contribution in [3.8, 4) is 16.8 Å². The van der Waals surface area contributed by atoms with Gasteiger partial charge >= 0.3 is 0 Å². The summed E-state index contributed by atoms with van der Waals surface area (Å²) in [6, 6.07) is 4.68.